The van der Waals surface area contributed by atoms with Crippen LogP contribution < -0.4 is 14.8 Å². The number of likely N-dealkylation sites (tertiary alicyclic amines) is 1. The molecule has 0 spiro atoms. The van der Waals surface area contributed by atoms with Crippen molar-refractivity contribution < 1.29 is 19.1 Å². The van der Waals surface area contributed by atoms with Gasteiger partial charge in [0.2, 0.25) is 11.8 Å². The van der Waals surface area contributed by atoms with Crippen molar-refractivity contribution in [2.24, 2.45) is 11.8 Å². The van der Waals surface area contributed by atoms with Crippen LogP contribution in [0.15, 0.2) is 18.2 Å². The number of piperidine rings is 1. The first-order chi connectivity index (χ1) is 14.3. The van der Waals surface area contributed by atoms with E-state index in [-0.39, 0.29) is 17.7 Å². The summed E-state index contributed by atoms with van der Waals surface area (Å²) in [5.41, 5.74) is 0.381. The van der Waals surface area contributed by atoms with Gasteiger partial charge in [-0.25, -0.2) is 0 Å². The molecule has 6 nitrogen and oxygen atoms in total. The van der Waals surface area contributed by atoms with E-state index in [9.17, 15) is 9.59 Å². The molecule has 1 aliphatic carbocycles. The van der Waals surface area contributed by atoms with Gasteiger partial charge in [-0.15, -0.1) is 0 Å². The lowest BCUT2D eigenvalue weighted by Gasteiger charge is -2.37. The number of hydrogen-bond donors (Lipinski definition) is 1. The first kappa shape index (κ1) is 22.4. The number of methoxy groups -OCH3 is 2. The van der Waals surface area contributed by atoms with E-state index in [4.69, 9.17) is 9.47 Å². The molecule has 1 saturated heterocycles. The van der Waals surface area contributed by atoms with Gasteiger partial charge < -0.3 is 19.7 Å². The zero-order valence-electron chi connectivity index (χ0n) is 18.8. The van der Waals surface area contributed by atoms with E-state index in [2.05, 4.69) is 5.32 Å². The second kappa shape index (κ2) is 9.71. The standard InChI is InChI=1S/C24H36N2O4/c1-24(2,19-11-12-20(29-3)21(14-19)30-4)25-23(28)18-10-13-22(27)26(16-18)15-17-8-6-5-7-9-17/h11-12,14,17-18H,5-10,13,15-16H2,1-4H3,(H,25,28)/t18-/m1/s1. The molecule has 1 atom stereocenters. The van der Waals surface area contributed by atoms with Crippen molar-refractivity contribution in [1.29, 1.82) is 0 Å². The number of hydrogen-bond acceptors (Lipinski definition) is 4. The highest BCUT2D eigenvalue weighted by atomic mass is 16.5. The smallest absolute Gasteiger partial charge is 0.225 e. The van der Waals surface area contributed by atoms with E-state index in [1.807, 2.05) is 36.9 Å². The summed E-state index contributed by atoms with van der Waals surface area (Å²) in [4.78, 5) is 27.5. The Morgan fingerprint density at radius 1 is 1.10 bits per heavy atom. The molecule has 2 fully saturated rings. The summed E-state index contributed by atoms with van der Waals surface area (Å²) in [5, 5.41) is 3.20. The first-order valence-electron chi connectivity index (χ1n) is 11.2. The van der Waals surface area contributed by atoms with Crippen LogP contribution in [0.25, 0.3) is 0 Å². The number of carbonyl (C=O) groups excluding carboxylic acids is 2. The fourth-order valence-corrected chi connectivity index (χ4v) is 4.69. The molecule has 0 aromatic heterocycles. The number of ether oxygens (including phenoxy) is 2. The lowest BCUT2D eigenvalue weighted by Crippen LogP contribution is -2.50. The first-order valence-corrected chi connectivity index (χ1v) is 11.2. The average Bonchev–Trinajstić information content (AvgIpc) is 2.75. The van der Waals surface area contributed by atoms with Gasteiger partial charge in [-0.1, -0.05) is 25.3 Å². The molecule has 2 aliphatic rings. The summed E-state index contributed by atoms with van der Waals surface area (Å²) in [6, 6.07) is 5.70. The average molecular weight is 417 g/mol. The normalized spacial score (nSPS) is 20.7. The third kappa shape index (κ3) is 5.27. The van der Waals surface area contributed by atoms with E-state index in [0.717, 1.165) is 12.1 Å². The summed E-state index contributed by atoms with van der Waals surface area (Å²) in [5.74, 6) is 1.94. The van der Waals surface area contributed by atoms with Crippen LogP contribution in [-0.2, 0) is 15.1 Å². The van der Waals surface area contributed by atoms with Crippen LogP contribution in [-0.4, -0.2) is 44.0 Å². The van der Waals surface area contributed by atoms with Crippen molar-refractivity contribution in [3.05, 3.63) is 23.8 Å². The Labute approximate surface area is 180 Å². The van der Waals surface area contributed by atoms with E-state index in [1.54, 1.807) is 14.2 Å². The molecule has 2 amide bonds. The van der Waals surface area contributed by atoms with E-state index in [1.165, 1.54) is 32.1 Å². The maximum absolute atomic E-state index is 13.1. The van der Waals surface area contributed by atoms with Crippen molar-refractivity contribution in [2.45, 2.75) is 64.3 Å². The summed E-state index contributed by atoms with van der Waals surface area (Å²) < 4.78 is 10.7. The summed E-state index contributed by atoms with van der Waals surface area (Å²) in [7, 11) is 3.21. The van der Waals surface area contributed by atoms with Gasteiger partial charge in [0.05, 0.1) is 25.7 Å². The van der Waals surface area contributed by atoms with Crippen LogP contribution in [0.4, 0.5) is 0 Å². The second-order valence-electron chi connectivity index (χ2n) is 9.22. The minimum absolute atomic E-state index is 0.0101. The predicted molar refractivity (Wildman–Crippen MR) is 117 cm³/mol. The Bertz CT molecular complexity index is 756. The lowest BCUT2D eigenvalue weighted by molar-refractivity contribution is -0.139. The van der Waals surface area contributed by atoms with Crippen molar-refractivity contribution in [3.8, 4) is 11.5 Å². The maximum atomic E-state index is 13.1. The van der Waals surface area contributed by atoms with E-state index < -0.39 is 5.54 Å². The Hall–Kier alpha value is -2.24. The number of nitrogens with zero attached hydrogens (tertiary/aromatic N) is 1. The minimum atomic E-state index is -0.563. The van der Waals surface area contributed by atoms with Crippen molar-refractivity contribution in [2.75, 3.05) is 27.3 Å². The van der Waals surface area contributed by atoms with Crippen LogP contribution in [0.2, 0.25) is 0 Å². The molecular formula is C24H36N2O4. The second-order valence-corrected chi connectivity index (χ2v) is 9.22. The summed E-state index contributed by atoms with van der Waals surface area (Å²) in [6.45, 7) is 5.31. The number of amides is 2. The molecule has 1 saturated carbocycles. The Morgan fingerprint density at radius 3 is 2.47 bits per heavy atom. The van der Waals surface area contributed by atoms with Crippen LogP contribution in [0.5, 0.6) is 11.5 Å². The van der Waals surface area contributed by atoms with Gasteiger partial charge in [-0.3, -0.25) is 9.59 Å². The third-order valence-electron chi connectivity index (χ3n) is 6.62. The van der Waals surface area contributed by atoms with E-state index >= 15 is 0 Å². The molecule has 30 heavy (non-hydrogen) atoms. The number of nitrogens with one attached hydrogen (secondary N) is 1. The molecule has 1 aromatic rings. The topological polar surface area (TPSA) is 67.9 Å². The number of carbonyl (C=O) groups is 2. The maximum Gasteiger partial charge on any atom is 0.225 e. The summed E-state index contributed by atoms with van der Waals surface area (Å²) in [6.07, 6.45) is 7.31. The van der Waals surface area contributed by atoms with Gasteiger partial charge >= 0.3 is 0 Å². The molecule has 0 radical (unpaired) electrons. The fraction of sp³-hybridized carbons (Fsp3) is 0.667. The summed E-state index contributed by atoms with van der Waals surface area (Å²) >= 11 is 0. The zero-order chi connectivity index (χ0) is 21.7. The minimum Gasteiger partial charge on any atom is -0.493 e. The van der Waals surface area contributed by atoms with Crippen LogP contribution in [0.3, 0.4) is 0 Å². The SMILES string of the molecule is COc1ccc(C(C)(C)NC(=O)[C@@H]2CCC(=O)N(CC3CCCCC3)C2)cc1OC. The Morgan fingerprint density at radius 2 is 1.80 bits per heavy atom. The number of benzene rings is 1. The van der Waals surface area contributed by atoms with Crippen molar-refractivity contribution in [1.82, 2.24) is 10.2 Å². The van der Waals surface area contributed by atoms with Gasteiger partial charge in [0.25, 0.3) is 0 Å². The largest absolute Gasteiger partial charge is 0.493 e. The zero-order valence-corrected chi connectivity index (χ0v) is 18.8. The highest BCUT2D eigenvalue weighted by molar-refractivity contribution is 5.84. The van der Waals surface area contributed by atoms with E-state index in [0.29, 0.717) is 36.8 Å². The van der Waals surface area contributed by atoms with Crippen LogP contribution >= 0.6 is 0 Å². The fourth-order valence-electron chi connectivity index (χ4n) is 4.69. The molecule has 1 heterocycles. The van der Waals surface area contributed by atoms with Gasteiger partial charge in [-0.2, -0.15) is 0 Å². The molecule has 166 valence electrons. The molecule has 0 unspecified atom stereocenters. The molecule has 1 N–H and O–H groups in total. The highest BCUT2D eigenvalue weighted by Crippen LogP contribution is 2.33. The highest BCUT2D eigenvalue weighted by Gasteiger charge is 2.34. The molecule has 1 aliphatic heterocycles. The Balaban J connectivity index is 1.64. The molecule has 6 heteroatoms. The number of rotatable bonds is 7. The molecule has 3 rings (SSSR count). The van der Waals surface area contributed by atoms with Gasteiger partial charge in [-0.05, 0) is 56.7 Å². The van der Waals surface area contributed by atoms with Crippen molar-refractivity contribution in [3.63, 3.8) is 0 Å². The lowest BCUT2D eigenvalue weighted by atomic mass is 9.87. The quantitative estimate of drug-likeness (QED) is 0.733. The van der Waals surface area contributed by atoms with Crippen LogP contribution in [0.1, 0.15) is 64.4 Å². The third-order valence-corrected chi connectivity index (χ3v) is 6.62. The predicted octanol–water partition coefficient (Wildman–Crippen LogP) is 3.87. The van der Waals surface area contributed by atoms with Gasteiger partial charge in [0.1, 0.15) is 0 Å². The van der Waals surface area contributed by atoms with Gasteiger partial charge in [0, 0.05) is 19.5 Å². The monoisotopic (exact) mass is 416 g/mol. The Kier molecular flexibility index (Phi) is 7.27. The van der Waals surface area contributed by atoms with Crippen molar-refractivity contribution >= 4 is 11.8 Å². The molecule has 0 bridgehead atoms. The molecule has 1 aromatic carbocycles. The molecular weight excluding hydrogens is 380 g/mol. The van der Waals surface area contributed by atoms with Crippen LogP contribution in [0, 0.1) is 11.8 Å². The van der Waals surface area contributed by atoms with Gasteiger partial charge in [0.15, 0.2) is 11.5 Å².